The summed E-state index contributed by atoms with van der Waals surface area (Å²) in [7, 11) is 1.90. The van der Waals surface area contributed by atoms with Crippen molar-refractivity contribution in [3.8, 4) is 17.1 Å². The summed E-state index contributed by atoms with van der Waals surface area (Å²) in [5.41, 5.74) is 3.00. The quantitative estimate of drug-likeness (QED) is 0.579. The number of rotatable bonds is 8. The predicted octanol–water partition coefficient (Wildman–Crippen LogP) is 4.17. The average Bonchev–Trinajstić information content (AvgIpc) is 3.08. The molecule has 28 heavy (non-hydrogen) atoms. The molecule has 0 atom stereocenters. The first-order chi connectivity index (χ1) is 13.6. The number of carbonyl (C=O) groups excluding carboxylic acids is 1. The summed E-state index contributed by atoms with van der Waals surface area (Å²) in [4.78, 5) is 12.2. The molecular weight excluding hydrogens is 372 g/mol. The molecule has 0 spiro atoms. The van der Waals surface area contributed by atoms with E-state index in [0.717, 1.165) is 29.2 Å². The fourth-order valence-corrected chi connectivity index (χ4v) is 3.42. The summed E-state index contributed by atoms with van der Waals surface area (Å²) in [6.07, 6.45) is 0.979. The maximum Gasteiger partial charge on any atom is 0.234 e. The first-order valence-electron chi connectivity index (χ1n) is 9.25. The molecule has 1 aromatic heterocycles. The van der Waals surface area contributed by atoms with Crippen molar-refractivity contribution in [2.75, 3.05) is 17.7 Å². The summed E-state index contributed by atoms with van der Waals surface area (Å²) in [6.45, 7) is 4.69. The number of nitrogens with zero attached hydrogens (tertiary/aromatic N) is 3. The van der Waals surface area contributed by atoms with E-state index in [1.807, 2.05) is 67.1 Å². The Balaban J connectivity index is 1.59. The van der Waals surface area contributed by atoms with Gasteiger partial charge < -0.3 is 14.6 Å². The zero-order valence-electron chi connectivity index (χ0n) is 16.3. The first kappa shape index (κ1) is 19.9. The molecule has 146 valence electrons. The molecule has 0 bridgehead atoms. The molecule has 3 aromatic rings. The standard InChI is InChI=1S/C21H24N4O2S/c1-4-15-6-10-17(11-7-15)22-19(26)14-28-21-24-23-20(25(21)3)16-8-12-18(13-9-16)27-5-2/h6-13H,4-5,14H2,1-3H3,(H,22,26). The summed E-state index contributed by atoms with van der Waals surface area (Å²) in [5.74, 6) is 1.78. The Kier molecular flexibility index (Phi) is 6.71. The number of aromatic nitrogens is 3. The second-order valence-electron chi connectivity index (χ2n) is 6.21. The number of hydrogen-bond acceptors (Lipinski definition) is 5. The van der Waals surface area contributed by atoms with E-state index in [-0.39, 0.29) is 11.7 Å². The molecule has 1 heterocycles. The van der Waals surface area contributed by atoms with Gasteiger partial charge >= 0.3 is 0 Å². The van der Waals surface area contributed by atoms with Crippen LogP contribution in [0.5, 0.6) is 5.75 Å². The lowest BCUT2D eigenvalue weighted by molar-refractivity contribution is -0.113. The largest absolute Gasteiger partial charge is 0.494 e. The topological polar surface area (TPSA) is 69.0 Å². The van der Waals surface area contributed by atoms with E-state index in [1.165, 1.54) is 17.3 Å². The second kappa shape index (κ2) is 9.41. The zero-order chi connectivity index (χ0) is 19.9. The van der Waals surface area contributed by atoms with Crippen molar-refractivity contribution in [3.05, 3.63) is 54.1 Å². The van der Waals surface area contributed by atoms with Crippen molar-refractivity contribution in [1.82, 2.24) is 14.8 Å². The van der Waals surface area contributed by atoms with Gasteiger partial charge in [0.15, 0.2) is 11.0 Å². The lowest BCUT2D eigenvalue weighted by atomic mass is 10.1. The van der Waals surface area contributed by atoms with Crippen LogP contribution in [-0.4, -0.2) is 33.0 Å². The number of hydrogen-bond donors (Lipinski definition) is 1. The van der Waals surface area contributed by atoms with Crippen molar-refractivity contribution < 1.29 is 9.53 Å². The normalized spacial score (nSPS) is 10.7. The average molecular weight is 397 g/mol. The molecule has 0 aliphatic heterocycles. The number of aryl methyl sites for hydroxylation is 1. The molecule has 0 aliphatic carbocycles. The predicted molar refractivity (Wildman–Crippen MR) is 113 cm³/mol. The number of amides is 1. The second-order valence-corrected chi connectivity index (χ2v) is 7.15. The minimum Gasteiger partial charge on any atom is -0.494 e. The molecule has 0 saturated heterocycles. The number of carbonyl (C=O) groups is 1. The number of thioether (sulfide) groups is 1. The van der Waals surface area contributed by atoms with Gasteiger partial charge in [-0.15, -0.1) is 10.2 Å². The molecule has 3 rings (SSSR count). The van der Waals surface area contributed by atoms with Gasteiger partial charge in [0, 0.05) is 18.3 Å². The highest BCUT2D eigenvalue weighted by Crippen LogP contribution is 2.24. The van der Waals surface area contributed by atoms with E-state index < -0.39 is 0 Å². The molecule has 0 saturated carbocycles. The summed E-state index contributed by atoms with van der Waals surface area (Å²) in [6, 6.07) is 15.6. The third-order valence-electron chi connectivity index (χ3n) is 4.24. The van der Waals surface area contributed by atoms with Gasteiger partial charge in [-0.05, 0) is 55.3 Å². The monoisotopic (exact) mass is 396 g/mol. The first-order valence-corrected chi connectivity index (χ1v) is 10.2. The number of benzene rings is 2. The van der Waals surface area contributed by atoms with E-state index in [9.17, 15) is 4.79 Å². The maximum atomic E-state index is 12.2. The fourth-order valence-electron chi connectivity index (χ4n) is 2.71. The lowest BCUT2D eigenvalue weighted by Gasteiger charge is -2.07. The Bertz CT molecular complexity index is 921. The van der Waals surface area contributed by atoms with Crippen LogP contribution < -0.4 is 10.1 Å². The number of nitrogens with one attached hydrogen (secondary N) is 1. The van der Waals surface area contributed by atoms with Gasteiger partial charge in [0.1, 0.15) is 5.75 Å². The van der Waals surface area contributed by atoms with Crippen molar-refractivity contribution in [2.45, 2.75) is 25.4 Å². The van der Waals surface area contributed by atoms with Crippen LogP contribution in [0, 0.1) is 0 Å². The minimum atomic E-state index is -0.0696. The molecule has 1 N–H and O–H groups in total. The van der Waals surface area contributed by atoms with Crippen molar-refractivity contribution >= 4 is 23.4 Å². The lowest BCUT2D eigenvalue weighted by Crippen LogP contribution is -2.14. The van der Waals surface area contributed by atoms with Crippen LogP contribution >= 0.6 is 11.8 Å². The molecule has 1 amide bonds. The smallest absolute Gasteiger partial charge is 0.234 e. The highest BCUT2D eigenvalue weighted by atomic mass is 32.2. The van der Waals surface area contributed by atoms with Gasteiger partial charge in [0.05, 0.1) is 12.4 Å². The molecule has 7 heteroatoms. The Hall–Kier alpha value is -2.80. The van der Waals surface area contributed by atoms with E-state index in [2.05, 4.69) is 22.4 Å². The molecule has 0 aliphatic rings. The zero-order valence-corrected chi connectivity index (χ0v) is 17.1. The number of ether oxygens (including phenoxy) is 1. The Morgan fingerprint density at radius 2 is 1.79 bits per heavy atom. The van der Waals surface area contributed by atoms with Crippen LogP contribution in [0.3, 0.4) is 0 Å². The molecular formula is C21H24N4O2S. The summed E-state index contributed by atoms with van der Waals surface area (Å²) < 4.78 is 7.36. The summed E-state index contributed by atoms with van der Waals surface area (Å²) >= 11 is 1.36. The third kappa shape index (κ3) is 4.92. The van der Waals surface area contributed by atoms with E-state index >= 15 is 0 Å². The molecule has 6 nitrogen and oxygen atoms in total. The van der Waals surface area contributed by atoms with Crippen LogP contribution in [0.2, 0.25) is 0 Å². The van der Waals surface area contributed by atoms with Crippen LogP contribution in [0.15, 0.2) is 53.7 Å². The van der Waals surface area contributed by atoms with Crippen LogP contribution in [0.25, 0.3) is 11.4 Å². The third-order valence-corrected chi connectivity index (χ3v) is 5.26. The van der Waals surface area contributed by atoms with Crippen molar-refractivity contribution in [1.29, 1.82) is 0 Å². The van der Waals surface area contributed by atoms with Gasteiger partial charge in [0.2, 0.25) is 5.91 Å². The molecule has 0 unspecified atom stereocenters. The van der Waals surface area contributed by atoms with Gasteiger partial charge in [0.25, 0.3) is 0 Å². The minimum absolute atomic E-state index is 0.0696. The Morgan fingerprint density at radius 1 is 1.07 bits per heavy atom. The van der Waals surface area contributed by atoms with Crippen LogP contribution in [0.1, 0.15) is 19.4 Å². The van der Waals surface area contributed by atoms with Crippen molar-refractivity contribution in [2.24, 2.45) is 7.05 Å². The fraction of sp³-hybridized carbons (Fsp3) is 0.286. The maximum absolute atomic E-state index is 12.2. The van der Waals surface area contributed by atoms with Crippen LogP contribution in [-0.2, 0) is 18.3 Å². The SMILES string of the molecule is CCOc1ccc(-c2nnc(SCC(=O)Nc3ccc(CC)cc3)n2C)cc1. The molecule has 0 fully saturated rings. The Labute approximate surface area is 169 Å². The Morgan fingerprint density at radius 3 is 2.43 bits per heavy atom. The molecule has 0 radical (unpaired) electrons. The highest BCUT2D eigenvalue weighted by molar-refractivity contribution is 7.99. The number of anilines is 1. The van der Waals surface area contributed by atoms with Crippen molar-refractivity contribution in [3.63, 3.8) is 0 Å². The summed E-state index contributed by atoms with van der Waals surface area (Å²) in [5, 5.41) is 12.1. The van der Waals surface area contributed by atoms with Gasteiger partial charge in [-0.1, -0.05) is 30.8 Å². The molecule has 2 aromatic carbocycles. The van der Waals surface area contributed by atoms with Crippen LogP contribution in [0.4, 0.5) is 5.69 Å². The van der Waals surface area contributed by atoms with E-state index in [0.29, 0.717) is 11.8 Å². The van der Waals surface area contributed by atoms with Gasteiger partial charge in [-0.3, -0.25) is 4.79 Å². The van der Waals surface area contributed by atoms with Gasteiger partial charge in [-0.25, -0.2) is 0 Å². The highest BCUT2D eigenvalue weighted by Gasteiger charge is 2.13. The van der Waals surface area contributed by atoms with E-state index in [1.54, 1.807) is 0 Å². The van der Waals surface area contributed by atoms with E-state index in [4.69, 9.17) is 4.74 Å². The van der Waals surface area contributed by atoms with Gasteiger partial charge in [-0.2, -0.15) is 0 Å².